The summed E-state index contributed by atoms with van der Waals surface area (Å²) in [6.45, 7) is 12.3. The number of hydrogen-bond donors (Lipinski definition) is 2. The molecule has 0 radical (unpaired) electrons. The molecule has 0 bridgehead atoms. The van der Waals surface area contributed by atoms with Gasteiger partial charge in [0.25, 0.3) is 0 Å². The molecule has 1 aliphatic rings. The van der Waals surface area contributed by atoms with Crippen molar-refractivity contribution in [3.8, 4) is 11.5 Å². The van der Waals surface area contributed by atoms with Gasteiger partial charge in [0, 0.05) is 32.7 Å². The lowest BCUT2D eigenvalue weighted by molar-refractivity contribution is 0.0169. The molecule has 1 unspecified atom stereocenters. The average molecular weight is 549 g/mol. The van der Waals surface area contributed by atoms with E-state index in [0.717, 1.165) is 76.2 Å². The molecular formula is C23H41IN4O3. The number of nitrogens with zero attached hydrogens (tertiary/aromatic N) is 2. The van der Waals surface area contributed by atoms with E-state index in [4.69, 9.17) is 19.2 Å². The van der Waals surface area contributed by atoms with Gasteiger partial charge in [-0.05, 0) is 30.5 Å². The fourth-order valence-corrected chi connectivity index (χ4v) is 3.71. The number of ether oxygens (including phenoxy) is 3. The molecule has 2 rings (SSSR count). The highest BCUT2D eigenvalue weighted by molar-refractivity contribution is 14.0. The lowest BCUT2D eigenvalue weighted by Gasteiger charge is -2.35. The Labute approximate surface area is 205 Å². The third kappa shape index (κ3) is 8.65. The Balaban J connectivity index is 0.00000480. The van der Waals surface area contributed by atoms with Crippen LogP contribution in [-0.4, -0.2) is 71.0 Å². The van der Waals surface area contributed by atoms with Crippen LogP contribution in [0.15, 0.2) is 23.2 Å². The van der Waals surface area contributed by atoms with Crippen LogP contribution in [0.5, 0.6) is 11.5 Å². The maximum absolute atomic E-state index is 5.58. The van der Waals surface area contributed by atoms with Crippen LogP contribution in [0.1, 0.15) is 45.2 Å². The third-order valence-electron chi connectivity index (χ3n) is 5.75. The topological polar surface area (TPSA) is 67.4 Å². The fourth-order valence-electron chi connectivity index (χ4n) is 3.71. The van der Waals surface area contributed by atoms with Gasteiger partial charge in [-0.3, -0.25) is 9.89 Å². The first-order chi connectivity index (χ1) is 14.7. The molecule has 8 heteroatoms. The summed E-state index contributed by atoms with van der Waals surface area (Å²) in [7, 11) is 3.34. The SMILES string of the molecule is CCNC(=NCC(CC)CC)NCC(c1ccc(OC)c(OC)c1)N1CCOCC1.I. The van der Waals surface area contributed by atoms with E-state index in [-0.39, 0.29) is 30.0 Å². The van der Waals surface area contributed by atoms with Crippen LogP contribution in [0.25, 0.3) is 0 Å². The number of hydrogen-bond acceptors (Lipinski definition) is 5. The van der Waals surface area contributed by atoms with Crippen molar-refractivity contribution in [2.45, 2.75) is 39.7 Å². The first-order valence-electron chi connectivity index (χ1n) is 11.2. The predicted molar refractivity (Wildman–Crippen MR) is 138 cm³/mol. The van der Waals surface area contributed by atoms with Gasteiger partial charge in [0.1, 0.15) is 0 Å². The van der Waals surface area contributed by atoms with Crippen molar-refractivity contribution in [2.24, 2.45) is 10.9 Å². The zero-order valence-corrected chi connectivity index (χ0v) is 22.1. The highest BCUT2D eigenvalue weighted by atomic mass is 127. The Morgan fingerprint density at radius 2 is 1.74 bits per heavy atom. The van der Waals surface area contributed by atoms with Gasteiger partial charge in [-0.2, -0.15) is 0 Å². The molecule has 1 aromatic carbocycles. The first-order valence-corrected chi connectivity index (χ1v) is 11.2. The summed E-state index contributed by atoms with van der Waals surface area (Å²) in [5, 5.41) is 6.96. The van der Waals surface area contributed by atoms with Crippen LogP contribution >= 0.6 is 24.0 Å². The van der Waals surface area contributed by atoms with E-state index in [1.807, 2.05) is 6.07 Å². The second-order valence-electron chi connectivity index (χ2n) is 7.56. The molecule has 1 aromatic rings. The van der Waals surface area contributed by atoms with E-state index in [1.165, 1.54) is 5.56 Å². The maximum Gasteiger partial charge on any atom is 0.191 e. The molecule has 0 aromatic heterocycles. The van der Waals surface area contributed by atoms with E-state index in [2.05, 4.69) is 48.4 Å². The molecular weight excluding hydrogens is 507 g/mol. The second-order valence-corrected chi connectivity index (χ2v) is 7.56. The van der Waals surface area contributed by atoms with Gasteiger partial charge < -0.3 is 24.8 Å². The molecule has 0 amide bonds. The van der Waals surface area contributed by atoms with E-state index in [1.54, 1.807) is 14.2 Å². The standard InChI is InChI=1S/C23H40N4O3.HI/c1-6-18(7-2)16-25-23(24-8-3)26-17-20(27-11-13-30-14-12-27)19-9-10-21(28-4)22(15-19)29-5;/h9-10,15,18,20H,6-8,11-14,16-17H2,1-5H3,(H2,24,25,26);1H. The minimum Gasteiger partial charge on any atom is -0.493 e. The zero-order chi connectivity index (χ0) is 21.8. The van der Waals surface area contributed by atoms with Gasteiger partial charge in [-0.15, -0.1) is 24.0 Å². The quantitative estimate of drug-likeness (QED) is 0.250. The second kappa shape index (κ2) is 15.5. The molecule has 1 saturated heterocycles. The zero-order valence-electron chi connectivity index (χ0n) is 19.8. The highest BCUT2D eigenvalue weighted by Gasteiger charge is 2.24. The van der Waals surface area contributed by atoms with Crippen molar-refractivity contribution in [2.75, 3.05) is 60.2 Å². The van der Waals surface area contributed by atoms with Gasteiger partial charge in [-0.1, -0.05) is 32.8 Å². The number of guanidine groups is 1. The maximum atomic E-state index is 5.58. The Hall–Kier alpha value is -1.26. The van der Waals surface area contributed by atoms with Crippen LogP contribution in [0.2, 0.25) is 0 Å². The number of rotatable bonds is 11. The van der Waals surface area contributed by atoms with Crippen LogP contribution in [-0.2, 0) is 4.74 Å². The number of methoxy groups -OCH3 is 2. The van der Waals surface area contributed by atoms with Gasteiger partial charge in [0.15, 0.2) is 17.5 Å². The summed E-state index contributed by atoms with van der Waals surface area (Å²) in [5.41, 5.74) is 1.19. The largest absolute Gasteiger partial charge is 0.493 e. The summed E-state index contributed by atoms with van der Waals surface area (Å²) >= 11 is 0. The lowest BCUT2D eigenvalue weighted by atomic mass is 10.0. The average Bonchev–Trinajstić information content (AvgIpc) is 2.80. The van der Waals surface area contributed by atoms with E-state index < -0.39 is 0 Å². The Kier molecular flexibility index (Phi) is 13.9. The van der Waals surface area contributed by atoms with E-state index in [9.17, 15) is 0 Å². The van der Waals surface area contributed by atoms with Crippen molar-refractivity contribution in [3.05, 3.63) is 23.8 Å². The van der Waals surface area contributed by atoms with Gasteiger partial charge in [0.05, 0.1) is 33.5 Å². The number of morpholine rings is 1. The smallest absolute Gasteiger partial charge is 0.191 e. The Morgan fingerprint density at radius 3 is 2.32 bits per heavy atom. The molecule has 178 valence electrons. The monoisotopic (exact) mass is 548 g/mol. The summed E-state index contributed by atoms with van der Waals surface area (Å²) < 4.78 is 16.5. The molecule has 2 N–H and O–H groups in total. The van der Waals surface area contributed by atoms with E-state index >= 15 is 0 Å². The molecule has 31 heavy (non-hydrogen) atoms. The number of halogens is 1. The molecule has 1 heterocycles. The lowest BCUT2D eigenvalue weighted by Crippen LogP contribution is -2.46. The van der Waals surface area contributed by atoms with Crippen molar-refractivity contribution in [1.29, 1.82) is 0 Å². The molecule has 0 saturated carbocycles. The van der Waals surface area contributed by atoms with Crippen molar-refractivity contribution in [3.63, 3.8) is 0 Å². The van der Waals surface area contributed by atoms with Gasteiger partial charge in [0.2, 0.25) is 0 Å². The van der Waals surface area contributed by atoms with Crippen LogP contribution in [0, 0.1) is 5.92 Å². The predicted octanol–water partition coefficient (Wildman–Crippen LogP) is 3.69. The first kappa shape index (κ1) is 27.8. The Bertz CT molecular complexity index is 650. The minimum atomic E-state index is 0. The highest BCUT2D eigenvalue weighted by Crippen LogP contribution is 2.32. The molecule has 0 aliphatic carbocycles. The third-order valence-corrected chi connectivity index (χ3v) is 5.75. The van der Waals surface area contributed by atoms with E-state index in [0.29, 0.717) is 5.92 Å². The molecule has 1 fully saturated rings. The Morgan fingerprint density at radius 1 is 1.06 bits per heavy atom. The summed E-state index contributed by atoms with van der Waals surface area (Å²) in [6.07, 6.45) is 2.31. The molecule has 1 aliphatic heterocycles. The molecule has 7 nitrogen and oxygen atoms in total. The van der Waals surface area contributed by atoms with Crippen LogP contribution in [0.4, 0.5) is 0 Å². The normalized spacial score (nSPS) is 15.9. The van der Waals surface area contributed by atoms with Gasteiger partial charge in [-0.25, -0.2) is 0 Å². The summed E-state index contributed by atoms with van der Waals surface area (Å²) in [5.74, 6) is 3.00. The van der Waals surface area contributed by atoms with Crippen LogP contribution in [0.3, 0.4) is 0 Å². The minimum absolute atomic E-state index is 0. The number of aliphatic imine (C=N–C) groups is 1. The summed E-state index contributed by atoms with van der Waals surface area (Å²) in [6, 6.07) is 6.37. The van der Waals surface area contributed by atoms with Crippen molar-refractivity contribution >= 4 is 29.9 Å². The summed E-state index contributed by atoms with van der Waals surface area (Å²) in [4.78, 5) is 7.29. The number of nitrogens with one attached hydrogen (secondary N) is 2. The van der Waals surface area contributed by atoms with Crippen molar-refractivity contribution in [1.82, 2.24) is 15.5 Å². The molecule has 1 atom stereocenters. The van der Waals surface area contributed by atoms with Crippen molar-refractivity contribution < 1.29 is 14.2 Å². The fraction of sp³-hybridized carbons (Fsp3) is 0.696. The number of benzene rings is 1. The molecule has 0 spiro atoms. The van der Waals surface area contributed by atoms with Crippen LogP contribution < -0.4 is 20.1 Å². The van der Waals surface area contributed by atoms with Gasteiger partial charge >= 0.3 is 0 Å².